The summed E-state index contributed by atoms with van der Waals surface area (Å²) in [6.45, 7) is 4.52. The summed E-state index contributed by atoms with van der Waals surface area (Å²) in [7, 11) is 0. The van der Waals surface area contributed by atoms with Crippen LogP contribution in [0.15, 0.2) is 30.5 Å². The zero-order chi connectivity index (χ0) is 29.5. The number of phenols is 1. The van der Waals surface area contributed by atoms with E-state index < -0.39 is 23.3 Å². The molecule has 43 heavy (non-hydrogen) atoms. The second-order valence-corrected chi connectivity index (χ2v) is 12.3. The van der Waals surface area contributed by atoms with Crippen LogP contribution in [0.1, 0.15) is 38.2 Å². The van der Waals surface area contributed by atoms with Crippen LogP contribution in [0.3, 0.4) is 0 Å². The minimum absolute atomic E-state index is 0.0190. The first-order valence-electron chi connectivity index (χ1n) is 15.1. The molecule has 4 aliphatic heterocycles. The summed E-state index contributed by atoms with van der Waals surface area (Å²) in [5.74, 6) is -0.686. The van der Waals surface area contributed by atoms with Crippen molar-refractivity contribution in [3.8, 4) is 23.0 Å². The van der Waals surface area contributed by atoms with Gasteiger partial charge in [-0.15, -0.1) is 0 Å². The predicted molar refractivity (Wildman–Crippen MR) is 155 cm³/mol. The first-order valence-corrected chi connectivity index (χ1v) is 15.1. The standard InChI is InChI=1S/C32H32F3N5O3/c1-2-20-23(34)5-4-17-10-19(41)11-21(26(17)20)28-27(35)29-22(13-36-28)30(40-15-25-24(40)6-9-42-25)38-31(37-29)43-16-32-7-3-8-39(32)14-18(33)12-32/h4-5,10-11,13,18,24-25,41H,2-3,6-9,12,14-16H2,1H3/t18-,24?,25?,32+/m1/s1. The summed E-state index contributed by atoms with van der Waals surface area (Å²) in [6, 6.07) is 6.00. The van der Waals surface area contributed by atoms with Gasteiger partial charge in [0.1, 0.15) is 41.4 Å². The largest absolute Gasteiger partial charge is 0.508 e. The van der Waals surface area contributed by atoms with Crippen molar-refractivity contribution in [2.45, 2.75) is 62.9 Å². The molecule has 0 bridgehead atoms. The molecule has 2 unspecified atom stereocenters. The molecular formula is C32H32F3N5O3. The molecular weight excluding hydrogens is 559 g/mol. The van der Waals surface area contributed by atoms with Crippen molar-refractivity contribution in [1.82, 2.24) is 19.9 Å². The molecule has 0 radical (unpaired) electrons. The molecule has 4 saturated heterocycles. The number of phenolic OH excluding ortho intramolecular Hbond substituents is 1. The van der Waals surface area contributed by atoms with Crippen LogP contribution in [-0.4, -0.2) is 81.7 Å². The van der Waals surface area contributed by atoms with Crippen molar-refractivity contribution in [2.75, 3.05) is 37.7 Å². The van der Waals surface area contributed by atoms with Gasteiger partial charge in [-0.2, -0.15) is 9.97 Å². The average Bonchev–Trinajstić information content (AvgIpc) is 3.63. The number of ether oxygens (including phenoxy) is 2. The van der Waals surface area contributed by atoms with Crippen LogP contribution < -0.4 is 9.64 Å². The molecule has 4 atom stereocenters. The van der Waals surface area contributed by atoms with Gasteiger partial charge in [0, 0.05) is 37.9 Å². The van der Waals surface area contributed by atoms with Gasteiger partial charge in [0.05, 0.1) is 23.1 Å². The van der Waals surface area contributed by atoms with Crippen LogP contribution in [0.5, 0.6) is 11.8 Å². The van der Waals surface area contributed by atoms with Gasteiger partial charge in [-0.3, -0.25) is 9.88 Å². The van der Waals surface area contributed by atoms with Crippen molar-refractivity contribution < 1.29 is 27.8 Å². The molecule has 2 aromatic carbocycles. The Morgan fingerprint density at radius 2 is 2.07 bits per heavy atom. The SMILES string of the molecule is CCc1c(F)ccc2cc(O)cc(-c3ncc4c(N5CC6OCCC65)nc(OC[C@@]56CCCN5C[C@H](F)C6)nc4c3F)c12. The molecule has 6 heterocycles. The van der Waals surface area contributed by atoms with Crippen LogP contribution in [0, 0.1) is 11.6 Å². The van der Waals surface area contributed by atoms with E-state index in [0.29, 0.717) is 60.1 Å². The molecule has 224 valence electrons. The van der Waals surface area contributed by atoms with E-state index in [4.69, 9.17) is 14.5 Å². The Bertz CT molecular complexity index is 1770. The number of nitrogens with zero attached hydrogens (tertiary/aromatic N) is 5. The molecule has 0 spiro atoms. The van der Waals surface area contributed by atoms with E-state index in [1.54, 1.807) is 12.3 Å². The van der Waals surface area contributed by atoms with E-state index in [1.807, 2.05) is 6.92 Å². The highest BCUT2D eigenvalue weighted by Gasteiger charge is 2.50. The average molecular weight is 592 g/mol. The molecule has 8 nitrogen and oxygen atoms in total. The summed E-state index contributed by atoms with van der Waals surface area (Å²) in [6.07, 6.45) is 4.12. The van der Waals surface area contributed by atoms with E-state index in [1.165, 1.54) is 18.2 Å². The summed E-state index contributed by atoms with van der Waals surface area (Å²) in [5.41, 5.74) is 0.252. The number of aryl methyl sites for hydroxylation is 1. The van der Waals surface area contributed by atoms with Crippen LogP contribution in [0.4, 0.5) is 19.0 Å². The lowest BCUT2D eigenvalue weighted by Crippen LogP contribution is -2.58. The molecule has 0 aliphatic carbocycles. The lowest BCUT2D eigenvalue weighted by molar-refractivity contribution is 0.0764. The Kier molecular flexibility index (Phi) is 6.20. The summed E-state index contributed by atoms with van der Waals surface area (Å²) >= 11 is 0. The number of aromatic nitrogens is 3. The number of benzene rings is 2. The van der Waals surface area contributed by atoms with E-state index in [0.717, 1.165) is 25.8 Å². The van der Waals surface area contributed by atoms with Gasteiger partial charge >= 0.3 is 6.01 Å². The number of hydrogen-bond donors (Lipinski definition) is 1. The van der Waals surface area contributed by atoms with Crippen LogP contribution in [0.25, 0.3) is 32.9 Å². The van der Waals surface area contributed by atoms with Gasteiger partial charge in [-0.25, -0.2) is 13.2 Å². The van der Waals surface area contributed by atoms with Crippen LogP contribution in [0.2, 0.25) is 0 Å². The van der Waals surface area contributed by atoms with Crippen molar-refractivity contribution >= 4 is 27.5 Å². The second kappa shape index (κ2) is 9.92. The zero-order valence-corrected chi connectivity index (χ0v) is 23.8. The van der Waals surface area contributed by atoms with E-state index in [9.17, 15) is 13.9 Å². The molecule has 0 amide bonds. The number of fused-ring (bicyclic) bond motifs is 4. The molecule has 2 aromatic heterocycles. The van der Waals surface area contributed by atoms with E-state index in [-0.39, 0.29) is 47.3 Å². The first-order chi connectivity index (χ1) is 20.8. The van der Waals surface area contributed by atoms with E-state index >= 15 is 4.39 Å². The number of pyridine rings is 1. The number of aromatic hydroxyl groups is 1. The number of rotatable bonds is 6. The van der Waals surface area contributed by atoms with Gasteiger partial charge in [0.15, 0.2) is 5.82 Å². The number of alkyl halides is 1. The van der Waals surface area contributed by atoms with Gasteiger partial charge in [-0.1, -0.05) is 13.0 Å². The molecule has 8 rings (SSSR count). The highest BCUT2D eigenvalue weighted by atomic mass is 19.1. The fraction of sp³-hybridized carbons (Fsp3) is 0.469. The highest BCUT2D eigenvalue weighted by molar-refractivity contribution is 6.01. The molecule has 11 heteroatoms. The van der Waals surface area contributed by atoms with E-state index in [2.05, 4.69) is 19.8 Å². The Morgan fingerprint density at radius 3 is 2.91 bits per heavy atom. The van der Waals surface area contributed by atoms with Crippen LogP contribution in [-0.2, 0) is 11.2 Å². The van der Waals surface area contributed by atoms with Crippen molar-refractivity contribution in [1.29, 1.82) is 0 Å². The highest BCUT2D eigenvalue weighted by Crippen LogP contribution is 2.43. The van der Waals surface area contributed by atoms with Crippen molar-refractivity contribution in [3.63, 3.8) is 0 Å². The fourth-order valence-corrected chi connectivity index (χ4v) is 7.78. The van der Waals surface area contributed by atoms with Crippen LogP contribution >= 0.6 is 0 Å². The normalized spacial score (nSPS) is 26.7. The maximum atomic E-state index is 16.7. The fourth-order valence-electron chi connectivity index (χ4n) is 7.78. The Hall–Kier alpha value is -3.70. The minimum Gasteiger partial charge on any atom is -0.508 e. The molecule has 1 N–H and O–H groups in total. The molecule has 4 aliphatic rings. The minimum atomic E-state index is -0.904. The van der Waals surface area contributed by atoms with Gasteiger partial charge < -0.3 is 19.5 Å². The number of anilines is 1. The van der Waals surface area contributed by atoms with Crippen molar-refractivity contribution in [2.24, 2.45) is 0 Å². The van der Waals surface area contributed by atoms with Crippen molar-refractivity contribution in [3.05, 3.63) is 47.7 Å². The maximum Gasteiger partial charge on any atom is 0.319 e. The Labute approximate surface area is 246 Å². The predicted octanol–water partition coefficient (Wildman–Crippen LogP) is 5.32. The second-order valence-electron chi connectivity index (χ2n) is 12.3. The third-order valence-electron chi connectivity index (χ3n) is 9.86. The molecule has 4 fully saturated rings. The Balaban J connectivity index is 1.27. The van der Waals surface area contributed by atoms with Gasteiger partial charge in [0.2, 0.25) is 0 Å². The summed E-state index contributed by atoms with van der Waals surface area (Å²) in [5, 5.41) is 12.0. The monoisotopic (exact) mass is 591 g/mol. The first kappa shape index (κ1) is 26.9. The Morgan fingerprint density at radius 1 is 1.19 bits per heavy atom. The lowest BCUT2D eigenvalue weighted by atomic mass is 9.94. The quantitative estimate of drug-likeness (QED) is 0.323. The molecule has 0 saturated carbocycles. The smallest absolute Gasteiger partial charge is 0.319 e. The third-order valence-corrected chi connectivity index (χ3v) is 9.86. The third kappa shape index (κ3) is 4.15. The summed E-state index contributed by atoms with van der Waals surface area (Å²) < 4.78 is 58.0. The number of hydrogen-bond acceptors (Lipinski definition) is 8. The maximum absolute atomic E-state index is 16.7. The lowest BCUT2D eigenvalue weighted by Gasteiger charge is -2.44. The topological polar surface area (TPSA) is 83.8 Å². The summed E-state index contributed by atoms with van der Waals surface area (Å²) in [4.78, 5) is 18.0. The zero-order valence-electron chi connectivity index (χ0n) is 23.8. The number of halogens is 3. The van der Waals surface area contributed by atoms with Gasteiger partial charge in [-0.05, 0) is 66.8 Å². The van der Waals surface area contributed by atoms with Gasteiger partial charge in [0.25, 0.3) is 0 Å². The molecule has 4 aromatic rings.